The monoisotopic (exact) mass is 1130 g/mol. The van der Waals surface area contributed by atoms with Crippen molar-refractivity contribution < 1.29 is 32.9 Å². The predicted molar refractivity (Wildman–Crippen MR) is 344 cm³/mol. The van der Waals surface area contributed by atoms with E-state index in [4.69, 9.17) is 9.05 Å². The molecule has 0 saturated heterocycles. The van der Waals surface area contributed by atoms with Crippen LogP contribution in [0.25, 0.3) is 0 Å². The van der Waals surface area contributed by atoms with Crippen LogP contribution in [-0.2, 0) is 18.4 Å². The highest BCUT2D eigenvalue weighted by atomic mass is 31.2. The zero-order valence-electron chi connectivity index (χ0n) is 53.6. The molecule has 0 aromatic carbocycles. The van der Waals surface area contributed by atoms with Crippen molar-refractivity contribution in [1.29, 1.82) is 0 Å². The molecule has 0 spiro atoms. The van der Waals surface area contributed by atoms with Crippen molar-refractivity contribution in [3.8, 4) is 0 Å². The fraction of sp³-hybridized carbons (Fsp3) is 0.900. The molecule has 0 saturated carbocycles. The molecule has 0 heterocycles. The number of nitrogens with zero attached hydrogens (tertiary/aromatic N) is 1. The lowest BCUT2D eigenvalue weighted by Gasteiger charge is -2.29. The number of unbranched alkanes of at least 4 members (excludes halogenated alkanes) is 48. The van der Waals surface area contributed by atoms with Gasteiger partial charge in [-0.3, -0.25) is 9.36 Å². The number of quaternary nitrogens is 1. The SMILES string of the molecule is CCCCCCCCCC/C=C\CCCCCCCCCCCCCCCCCC(=O)NC(COP(=O)([O-])OCC[N+](C)(C)C)C(O)/C=C/CC/C=C/CCCCCCCCCCCCCCCCCCCCCCCCCC. The second kappa shape index (κ2) is 61.3. The zero-order valence-corrected chi connectivity index (χ0v) is 54.5. The molecule has 3 atom stereocenters. The van der Waals surface area contributed by atoms with E-state index in [0.717, 1.165) is 38.5 Å². The Balaban J connectivity index is 4.09. The molecule has 0 bridgehead atoms. The smallest absolute Gasteiger partial charge is 0.268 e. The second-order valence-corrected chi connectivity index (χ2v) is 26.6. The molecule has 1 amide bonds. The van der Waals surface area contributed by atoms with Gasteiger partial charge in [0, 0.05) is 6.42 Å². The Bertz CT molecular complexity index is 1380. The van der Waals surface area contributed by atoms with Gasteiger partial charge in [0.1, 0.15) is 13.2 Å². The average molecular weight is 1130 g/mol. The summed E-state index contributed by atoms with van der Waals surface area (Å²) in [5.74, 6) is -0.201. The minimum atomic E-state index is -4.61. The summed E-state index contributed by atoms with van der Waals surface area (Å²) in [4.78, 5) is 25.6. The van der Waals surface area contributed by atoms with Gasteiger partial charge in [-0.25, -0.2) is 0 Å². The Morgan fingerprint density at radius 2 is 0.709 bits per heavy atom. The molecule has 9 heteroatoms. The van der Waals surface area contributed by atoms with Crippen molar-refractivity contribution in [3.63, 3.8) is 0 Å². The largest absolute Gasteiger partial charge is 0.756 e. The van der Waals surface area contributed by atoms with Crippen LogP contribution in [0.2, 0.25) is 0 Å². The molecule has 2 N–H and O–H groups in total. The number of aliphatic hydroxyl groups excluding tert-OH is 1. The normalized spacial score (nSPS) is 13.9. The van der Waals surface area contributed by atoms with Crippen LogP contribution in [-0.4, -0.2) is 68.5 Å². The maximum absolute atomic E-state index is 13.0. The molecule has 3 unspecified atom stereocenters. The lowest BCUT2D eigenvalue weighted by molar-refractivity contribution is -0.870. The van der Waals surface area contributed by atoms with Crippen LogP contribution < -0.4 is 10.2 Å². The van der Waals surface area contributed by atoms with Crippen molar-refractivity contribution >= 4 is 13.7 Å². The van der Waals surface area contributed by atoms with Crippen LogP contribution in [0.3, 0.4) is 0 Å². The molecular formula is C70H137N2O6P. The number of allylic oxidation sites excluding steroid dienone is 5. The van der Waals surface area contributed by atoms with Crippen LogP contribution >= 0.6 is 7.82 Å². The lowest BCUT2D eigenvalue weighted by atomic mass is 10.0. The molecule has 0 aromatic heterocycles. The Morgan fingerprint density at radius 3 is 1.03 bits per heavy atom. The molecular weight excluding hydrogens is 996 g/mol. The van der Waals surface area contributed by atoms with E-state index in [1.165, 1.54) is 295 Å². The molecule has 0 aliphatic carbocycles. The molecule has 0 aliphatic heterocycles. The third-order valence-electron chi connectivity index (χ3n) is 16.1. The summed E-state index contributed by atoms with van der Waals surface area (Å²) in [6.07, 6.45) is 81.3. The van der Waals surface area contributed by atoms with Crippen LogP contribution in [0.5, 0.6) is 0 Å². The number of phosphoric acid groups is 1. The van der Waals surface area contributed by atoms with Gasteiger partial charge in [0.2, 0.25) is 5.91 Å². The minimum absolute atomic E-state index is 0.00482. The van der Waals surface area contributed by atoms with E-state index in [1.54, 1.807) is 6.08 Å². The summed E-state index contributed by atoms with van der Waals surface area (Å²) in [5, 5.41) is 13.9. The van der Waals surface area contributed by atoms with Gasteiger partial charge < -0.3 is 28.8 Å². The number of amides is 1. The number of carbonyl (C=O) groups is 1. The maximum atomic E-state index is 13.0. The van der Waals surface area contributed by atoms with Gasteiger partial charge in [0.25, 0.3) is 7.82 Å². The number of aliphatic hydroxyl groups is 1. The fourth-order valence-electron chi connectivity index (χ4n) is 10.6. The molecule has 79 heavy (non-hydrogen) atoms. The first-order valence-corrected chi connectivity index (χ1v) is 36.3. The van der Waals surface area contributed by atoms with Gasteiger partial charge in [-0.05, 0) is 57.8 Å². The predicted octanol–water partition coefficient (Wildman–Crippen LogP) is 21.4. The number of carbonyl (C=O) groups excluding carboxylic acids is 1. The van der Waals surface area contributed by atoms with E-state index < -0.39 is 20.0 Å². The van der Waals surface area contributed by atoms with Crippen LogP contribution in [0, 0.1) is 0 Å². The highest BCUT2D eigenvalue weighted by Gasteiger charge is 2.23. The van der Waals surface area contributed by atoms with Crippen molar-refractivity contribution in [1.82, 2.24) is 5.32 Å². The quantitative estimate of drug-likeness (QED) is 0.0272. The molecule has 8 nitrogen and oxygen atoms in total. The number of hydrogen-bond acceptors (Lipinski definition) is 6. The van der Waals surface area contributed by atoms with Crippen molar-refractivity contribution in [2.75, 3.05) is 40.9 Å². The fourth-order valence-corrected chi connectivity index (χ4v) is 11.4. The third kappa shape index (κ3) is 64.1. The number of nitrogens with one attached hydrogen (secondary N) is 1. The maximum Gasteiger partial charge on any atom is 0.268 e. The van der Waals surface area contributed by atoms with Gasteiger partial charge in [-0.2, -0.15) is 0 Å². The van der Waals surface area contributed by atoms with E-state index in [1.807, 2.05) is 27.2 Å². The van der Waals surface area contributed by atoms with Crippen molar-refractivity contribution in [3.05, 3.63) is 36.5 Å². The standard InChI is InChI=1S/C70H137N2O6P/c1-6-8-10-12-14-16-18-20-22-24-26-28-30-32-34-35-36-38-39-41-43-45-47-49-51-53-55-57-59-61-63-69(73)68(67-78-79(75,76)77-66-65-72(3,4)5)71-70(74)64-62-60-58-56-54-52-50-48-46-44-42-40-37-33-31-29-27-25-23-21-19-17-15-13-11-9-7-2/h25,27,53,55,61,63,68-69,73H,6-24,26,28-52,54,56-60,62,64-67H2,1-5H3,(H-,71,74,75,76)/b27-25-,55-53+,63-61+. The molecule has 0 rings (SSSR count). The Hall–Kier alpha value is -1.28. The van der Waals surface area contributed by atoms with E-state index in [9.17, 15) is 19.4 Å². The summed E-state index contributed by atoms with van der Waals surface area (Å²) in [6, 6.07) is -0.904. The van der Waals surface area contributed by atoms with E-state index in [-0.39, 0.29) is 19.1 Å². The Morgan fingerprint density at radius 1 is 0.430 bits per heavy atom. The Kier molecular flexibility index (Phi) is 60.3. The van der Waals surface area contributed by atoms with Gasteiger partial charge in [0.15, 0.2) is 0 Å². The molecule has 468 valence electrons. The van der Waals surface area contributed by atoms with Crippen molar-refractivity contribution in [2.45, 2.75) is 366 Å². The molecule has 0 radical (unpaired) electrons. The van der Waals surface area contributed by atoms with E-state index in [2.05, 4.69) is 43.5 Å². The van der Waals surface area contributed by atoms with E-state index >= 15 is 0 Å². The second-order valence-electron chi connectivity index (χ2n) is 25.2. The van der Waals surface area contributed by atoms with Crippen LogP contribution in [0.4, 0.5) is 0 Å². The minimum Gasteiger partial charge on any atom is -0.756 e. The Labute approximate surface area is 493 Å². The van der Waals surface area contributed by atoms with Gasteiger partial charge in [-0.1, -0.05) is 326 Å². The summed E-state index contributed by atoms with van der Waals surface area (Å²) in [5.41, 5.74) is 0. The first-order valence-electron chi connectivity index (χ1n) is 34.9. The molecule has 0 aromatic rings. The highest BCUT2D eigenvalue weighted by molar-refractivity contribution is 7.45. The first kappa shape index (κ1) is 77.7. The number of hydrogen-bond donors (Lipinski definition) is 2. The third-order valence-corrected chi connectivity index (χ3v) is 17.0. The summed E-state index contributed by atoms with van der Waals surface area (Å²) in [7, 11) is 1.26. The summed E-state index contributed by atoms with van der Waals surface area (Å²) >= 11 is 0. The number of phosphoric ester groups is 1. The summed E-state index contributed by atoms with van der Waals surface area (Å²) in [6.45, 7) is 4.69. The lowest BCUT2D eigenvalue weighted by Crippen LogP contribution is -2.45. The van der Waals surface area contributed by atoms with E-state index in [0.29, 0.717) is 17.4 Å². The van der Waals surface area contributed by atoms with Gasteiger partial charge in [0.05, 0.1) is 39.9 Å². The van der Waals surface area contributed by atoms with Crippen LogP contribution in [0.1, 0.15) is 354 Å². The average Bonchev–Trinajstić information content (AvgIpc) is 3.42. The highest BCUT2D eigenvalue weighted by Crippen LogP contribution is 2.38. The number of likely N-dealkylation sites (N-methyl/N-ethyl adjacent to an activating group) is 1. The van der Waals surface area contributed by atoms with Crippen molar-refractivity contribution in [2.24, 2.45) is 0 Å². The molecule has 0 aliphatic rings. The topological polar surface area (TPSA) is 108 Å². The molecule has 0 fully saturated rings. The van der Waals surface area contributed by atoms with Crippen LogP contribution in [0.15, 0.2) is 36.5 Å². The summed E-state index contributed by atoms with van der Waals surface area (Å²) < 4.78 is 23.4. The zero-order chi connectivity index (χ0) is 57.7. The van der Waals surface area contributed by atoms with Gasteiger partial charge in [-0.15, -0.1) is 0 Å². The number of rotatable bonds is 65. The first-order chi connectivity index (χ1) is 38.5. The van der Waals surface area contributed by atoms with Gasteiger partial charge >= 0.3 is 0 Å².